The molecule has 10 heavy (non-hydrogen) atoms. The maximum absolute atomic E-state index is 10.7. The Labute approximate surface area is 60.3 Å². The number of rotatable bonds is 0. The lowest BCUT2D eigenvalue weighted by atomic mass is 10.7. The van der Waals surface area contributed by atoms with Gasteiger partial charge in [-0.25, -0.2) is 9.47 Å². The second-order valence-electron chi connectivity index (χ2n) is 1.62. The lowest BCUT2D eigenvalue weighted by Gasteiger charge is -1.95. The molecule has 0 amide bonds. The fourth-order valence-electron chi connectivity index (χ4n) is 0.469. The normalized spacial score (nSPS) is 9.70. The Bertz CT molecular complexity index is 352. The van der Waals surface area contributed by atoms with Gasteiger partial charge >= 0.3 is 5.69 Å². The first-order valence-electron chi connectivity index (χ1n) is 2.39. The molecule has 1 aromatic heterocycles. The van der Waals surface area contributed by atoms with Gasteiger partial charge in [-0.05, 0) is 0 Å². The predicted octanol–water partition coefficient (Wildman–Crippen LogP) is -1.27. The molecule has 0 aliphatic rings. The van der Waals surface area contributed by atoms with Crippen molar-refractivity contribution in [3.8, 4) is 0 Å². The average Bonchev–Trinajstić information content (AvgIpc) is 1.93. The highest BCUT2D eigenvalue weighted by molar-refractivity contribution is 6.15. The highest BCUT2D eigenvalue weighted by Gasteiger charge is 1.97. The maximum Gasteiger partial charge on any atom is 0.364 e. The van der Waals surface area contributed by atoms with Crippen LogP contribution in [0.4, 0.5) is 0 Å². The molecule has 1 heterocycles. The molecule has 6 heteroatoms. The van der Waals surface area contributed by atoms with Crippen LogP contribution in [0.5, 0.6) is 0 Å². The van der Waals surface area contributed by atoms with Gasteiger partial charge in [0.2, 0.25) is 0 Å². The Morgan fingerprint density at radius 3 is 2.60 bits per heavy atom. The molecule has 0 atom stereocenters. The van der Waals surface area contributed by atoms with E-state index in [1.54, 1.807) is 0 Å². The number of nitrogens with zero attached hydrogens (tertiary/aromatic N) is 2. The largest absolute Gasteiger partial charge is 0.364 e. The van der Waals surface area contributed by atoms with Gasteiger partial charge in [0.15, 0.2) is 0 Å². The van der Waals surface area contributed by atoms with Crippen molar-refractivity contribution in [2.24, 2.45) is 0 Å². The highest BCUT2D eigenvalue weighted by Crippen LogP contribution is 1.71. The molecule has 5 nitrogen and oxygen atoms in total. The van der Waals surface area contributed by atoms with Crippen LogP contribution in [0.1, 0.15) is 0 Å². The van der Waals surface area contributed by atoms with Crippen molar-refractivity contribution >= 4 is 11.8 Å². The van der Waals surface area contributed by atoms with Crippen molar-refractivity contribution in [1.29, 1.82) is 0 Å². The van der Waals surface area contributed by atoms with E-state index in [4.69, 9.17) is 17.6 Å². The first kappa shape index (κ1) is 6.88. The summed E-state index contributed by atoms with van der Waals surface area (Å²) in [6, 6.07) is 1.09. The lowest BCUT2D eigenvalue weighted by molar-refractivity contribution is 0.823. The van der Waals surface area contributed by atoms with Gasteiger partial charge in [0.25, 0.3) is 5.56 Å². The predicted molar refractivity (Wildman–Crippen MR) is 36.4 cm³/mol. The third-order valence-electron chi connectivity index (χ3n) is 0.960. The Kier molecular flexibility index (Phi) is 1.50. The van der Waals surface area contributed by atoms with Gasteiger partial charge in [-0.3, -0.25) is 4.79 Å². The minimum Gasteiger partial charge on any atom is -0.335 e. The molecule has 0 bridgehead atoms. The zero-order valence-electron chi connectivity index (χ0n) is 4.82. The average molecular weight is 162 g/mol. The lowest BCUT2D eigenvalue weighted by Crippen LogP contribution is -2.37. The fourth-order valence-corrected chi connectivity index (χ4v) is 0.613. The van der Waals surface area contributed by atoms with Crippen molar-refractivity contribution in [2.45, 2.75) is 0 Å². The Balaban J connectivity index is 3.66. The third-order valence-corrected chi connectivity index (χ3v) is 1.27. The van der Waals surface area contributed by atoms with Crippen LogP contribution in [0.15, 0.2) is 21.9 Å². The summed E-state index contributed by atoms with van der Waals surface area (Å²) in [6.07, 6.45) is 1.14. The van der Waals surface area contributed by atoms with E-state index in [-0.39, 0.29) is 0 Å². The van der Waals surface area contributed by atoms with E-state index in [0.717, 1.165) is 12.3 Å². The molecule has 0 unspecified atom stereocenters. The molecule has 0 aliphatic heterocycles. The topological polar surface area (TPSA) is 70.0 Å². The van der Waals surface area contributed by atoms with Gasteiger partial charge in [-0.1, -0.05) is 0 Å². The smallest absolute Gasteiger partial charge is 0.335 e. The molecule has 1 aromatic rings. The van der Waals surface area contributed by atoms with Crippen LogP contribution in [-0.4, -0.2) is 8.76 Å². The molecule has 1 rings (SSSR count). The summed E-state index contributed by atoms with van der Waals surface area (Å²) in [5.74, 6) is 5.05. The Hall–Kier alpha value is -1.23. The summed E-state index contributed by atoms with van der Waals surface area (Å²) in [5.41, 5.74) is -1.34. The van der Waals surface area contributed by atoms with Crippen molar-refractivity contribution in [2.75, 3.05) is 5.84 Å². The number of aromatic nitrogens is 2. The van der Waals surface area contributed by atoms with Gasteiger partial charge < -0.3 is 5.84 Å². The van der Waals surface area contributed by atoms with E-state index in [1.807, 2.05) is 0 Å². The van der Waals surface area contributed by atoms with E-state index >= 15 is 0 Å². The van der Waals surface area contributed by atoms with Gasteiger partial charge in [0.1, 0.15) is 0 Å². The van der Waals surface area contributed by atoms with E-state index in [0.29, 0.717) is 8.76 Å². The van der Waals surface area contributed by atoms with Crippen LogP contribution in [0.3, 0.4) is 0 Å². The van der Waals surface area contributed by atoms with E-state index in [1.165, 1.54) is 0 Å². The molecular weight excluding hydrogens is 158 g/mol. The molecule has 0 aromatic carbocycles. The summed E-state index contributed by atoms with van der Waals surface area (Å²) in [7, 11) is 0. The third kappa shape index (κ3) is 0.906. The molecule has 0 saturated carbocycles. The Morgan fingerprint density at radius 1 is 1.50 bits per heavy atom. The van der Waals surface area contributed by atoms with Crippen molar-refractivity contribution in [1.82, 2.24) is 8.76 Å². The number of hydrogen-bond donors (Lipinski definition) is 1. The summed E-state index contributed by atoms with van der Waals surface area (Å²) in [5, 5.41) is 0. The minimum atomic E-state index is -0.755. The summed E-state index contributed by atoms with van der Waals surface area (Å²) >= 11 is 5.17. The SMILES string of the molecule is Nn1ccc(=O)n(Cl)c1=O. The van der Waals surface area contributed by atoms with Crippen LogP contribution in [-0.2, 0) is 0 Å². The van der Waals surface area contributed by atoms with Gasteiger partial charge in [0.05, 0.1) is 0 Å². The molecular formula is C4H4ClN3O2. The molecule has 0 spiro atoms. The second kappa shape index (κ2) is 2.18. The number of hydrogen-bond acceptors (Lipinski definition) is 3. The summed E-state index contributed by atoms with van der Waals surface area (Å²) in [4.78, 5) is 21.2. The van der Waals surface area contributed by atoms with Crippen molar-refractivity contribution in [3.63, 3.8) is 0 Å². The van der Waals surface area contributed by atoms with Crippen LogP contribution >= 0.6 is 11.8 Å². The molecule has 0 saturated heterocycles. The molecule has 2 N–H and O–H groups in total. The number of nitrogens with two attached hydrogens (primary N) is 1. The number of nitrogen functional groups attached to an aromatic ring is 1. The van der Waals surface area contributed by atoms with Gasteiger partial charge in [-0.2, -0.15) is 4.09 Å². The monoisotopic (exact) mass is 161 g/mol. The standard InChI is InChI=1S/C4H4ClN3O2/c5-8-3(9)1-2-7(6)4(8)10/h1-2H,6H2. The van der Waals surface area contributed by atoms with Crippen LogP contribution < -0.4 is 17.1 Å². The maximum atomic E-state index is 10.7. The summed E-state index contributed by atoms with van der Waals surface area (Å²) in [6.45, 7) is 0. The molecule has 0 aliphatic carbocycles. The quantitative estimate of drug-likeness (QED) is 0.482. The zero-order valence-corrected chi connectivity index (χ0v) is 5.58. The van der Waals surface area contributed by atoms with Crippen molar-refractivity contribution in [3.05, 3.63) is 33.1 Å². The molecule has 0 fully saturated rings. The van der Waals surface area contributed by atoms with E-state index in [2.05, 4.69) is 0 Å². The zero-order chi connectivity index (χ0) is 7.72. The van der Waals surface area contributed by atoms with Crippen LogP contribution in [0.2, 0.25) is 0 Å². The number of halogens is 1. The highest BCUT2D eigenvalue weighted by atomic mass is 35.5. The molecule has 0 radical (unpaired) electrons. The van der Waals surface area contributed by atoms with Crippen LogP contribution in [0, 0.1) is 0 Å². The first-order chi connectivity index (χ1) is 4.63. The van der Waals surface area contributed by atoms with Crippen LogP contribution in [0.25, 0.3) is 0 Å². The van der Waals surface area contributed by atoms with Crippen molar-refractivity contribution < 1.29 is 0 Å². The minimum absolute atomic E-state index is 0.403. The molecule has 54 valence electrons. The first-order valence-corrected chi connectivity index (χ1v) is 2.72. The van der Waals surface area contributed by atoms with E-state index in [9.17, 15) is 9.59 Å². The van der Waals surface area contributed by atoms with Gasteiger partial charge in [-0.15, -0.1) is 0 Å². The fraction of sp³-hybridized carbons (Fsp3) is 0. The van der Waals surface area contributed by atoms with E-state index < -0.39 is 11.2 Å². The summed E-state index contributed by atoms with van der Waals surface area (Å²) < 4.78 is 1.12. The Morgan fingerprint density at radius 2 is 2.10 bits per heavy atom. The second-order valence-corrected chi connectivity index (χ2v) is 1.96. The van der Waals surface area contributed by atoms with Gasteiger partial charge in [0, 0.05) is 24.0 Å².